The molecule has 1 saturated carbocycles. The summed E-state index contributed by atoms with van der Waals surface area (Å²) in [6, 6.07) is 3.40. The summed E-state index contributed by atoms with van der Waals surface area (Å²) in [6.07, 6.45) is 2.93. The first-order valence-electron chi connectivity index (χ1n) is 11.6. The molecule has 2 aromatic rings. The maximum atomic E-state index is 14.3. The molecule has 1 aliphatic carbocycles. The Morgan fingerprint density at radius 1 is 1.26 bits per heavy atom. The first kappa shape index (κ1) is 24.1. The molecule has 190 valence electrons. The number of rotatable bonds is 6. The highest BCUT2D eigenvalue weighted by atomic mass is 32.2. The molecule has 1 aromatic carbocycles. The SMILES string of the molecule is C[C@@H](OC1CC2COCC(C1)N2C(=O)OC1(C)CC1)c1nc(-c2ccc(S(C)(=O)=O)c(F)c2)no1. The third-order valence-electron chi connectivity index (χ3n) is 6.75. The molecule has 3 aliphatic rings. The number of hydrogen-bond donors (Lipinski definition) is 0. The van der Waals surface area contributed by atoms with Gasteiger partial charge in [-0.05, 0) is 57.7 Å². The number of morpholine rings is 1. The van der Waals surface area contributed by atoms with E-state index in [1.165, 1.54) is 12.1 Å². The number of sulfone groups is 1. The van der Waals surface area contributed by atoms with Crippen LogP contribution in [0.4, 0.5) is 9.18 Å². The Kier molecular flexibility index (Phi) is 6.09. The van der Waals surface area contributed by atoms with Crippen LogP contribution < -0.4 is 0 Å². The first-order chi connectivity index (χ1) is 16.5. The first-order valence-corrected chi connectivity index (χ1v) is 13.5. The number of hydrogen-bond acceptors (Lipinski definition) is 9. The van der Waals surface area contributed by atoms with Crippen LogP contribution in [0.25, 0.3) is 11.4 Å². The second-order valence-corrected chi connectivity index (χ2v) is 11.8. The molecule has 2 aliphatic heterocycles. The monoisotopic (exact) mass is 509 g/mol. The van der Waals surface area contributed by atoms with Gasteiger partial charge in [0, 0.05) is 11.8 Å². The van der Waals surface area contributed by atoms with Gasteiger partial charge in [-0.15, -0.1) is 0 Å². The Hall–Kier alpha value is -2.57. The van der Waals surface area contributed by atoms with E-state index in [1.807, 2.05) is 6.92 Å². The fourth-order valence-electron chi connectivity index (χ4n) is 4.62. The summed E-state index contributed by atoms with van der Waals surface area (Å²) >= 11 is 0. The van der Waals surface area contributed by atoms with Crippen LogP contribution in [0.5, 0.6) is 0 Å². The van der Waals surface area contributed by atoms with E-state index in [-0.39, 0.29) is 41.6 Å². The maximum Gasteiger partial charge on any atom is 0.410 e. The average Bonchev–Trinajstić information content (AvgIpc) is 3.29. The maximum absolute atomic E-state index is 14.3. The fourth-order valence-corrected chi connectivity index (χ4v) is 5.35. The number of carbonyl (C=O) groups is 1. The smallest absolute Gasteiger partial charge is 0.410 e. The van der Waals surface area contributed by atoms with Gasteiger partial charge in [-0.1, -0.05) is 5.16 Å². The van der Waals surface area contributed by atoms with Crippen LogP contribution in [-0.4, -0.2) is 72.8 Å². The van der Waals surface area contributed by atoms with Crippen LogP contribution in [0.3, 0.4) is 0 Å². The lowest BCUT2D eigenvalue weighted by Gasteiger charge is -2.47. The van der Waals surface area contributed by atoms with Crippen LogP contribution in [0.15, 0.2) is 27.6 Å². The Morgan fingerprint density at radius 2 is 1.94 bits per heavy atom. The number of nitrogens with zero attached hydrogens (tertiary/aromatic N) is 3. The van der Waals surface area contributed by atoms with Crippen molar-refractivity contribution in [1.82, 2.24) is 15.0 Å². The molecule has 3 heterocycles. The molecule has 10 nitrogen and oxygen atoms in total. The summed E-state index contributed by atoms with van der Waals surface area (Å²) < 4.78 is 60.4. The highest BCUT2D eigenvalue weighted by Gasteiger charge is 2.48. The van der Waals surface area contributed by atoms with Crippen LogP contribution in [0.1, 0.15) is 51.5 Å². The number of ether oxygens (including phenoxy) is 3. The standard InChI is InChI=1S/C23H28FN3O7S/c1-13(21-25-20(26-34-21)14-4-5-19(18(24)8-14)35(3,29)30)32-17-9-15-11-31-12-16(10-17)27(15)22(28)33-23(2)6-7-23/h4-5,8,13,15-17H,6-7,9-12H2,1-3H3/t13-,15?,16?,17?/m1/s1. The van der Waals surface area contributed by atoms with Crippen molar-refractivity contribution in [3.8, 4) is 11.4 Å². The summed E-state index contributed by atoms with van der Waals surface area (Å²) in [4.78, 5) is 18.5. The van der Waals surface area contributed by atoms with Gasteiger partial charge >= 0.3 is 6.09 Å². The molecule has 12 heteroatoms. The molecule has 2 unspecified atom stereocenters. The average molecular weight is 510 g/mol. The molecular weight excluding hydrogens is 481 g/mol. The van der Waals surface area contributed by atoms with Gasteiger partial charge in [0.2, 0.25) is 5.82 Å². The van der Waals surface area contributed by atoms with Crippen molar-refractivity contribution in [2.24, 2.45) is 0 Å². The third kappa shape index (κ3) is 5.05. The quantitative estimate of drug-likeness (QED) is 0.577. The summed E-state index contributed by atoms with van der Waals surface area (Å²) in [5.41, 5.74) is -0.0439. The minimum Gasteiger partial charge on any atom is -0.443 e. The summed E-state index contributed by atoms with van der Waals surface area (Å²) in [6.45, 7) is 4.58. The van der Waals surface area contributed by atoms with Crippen LogP contribution in [0.2, 0.25) is 0 Å². The summed E-state index contributed by atoms with van der Waals surface area (Å²) in [5, 5.41) is 3.89. The lowest BCUT2D eigenvalue weighted by molar-refractivity contribution is -0.129. The molecule has 2 bridgehead atoms. The van der Waals surface area contributed by atoms with Gasteiger partial charge in [-0.25, -0.2) is 17.6 Å². The molecule has 3 fully saturated rings. The second kappa shape index (κ2) is 8.82. The minimum absolute atomic E-state index is 0.130. The van der Waals surface area contributed by atoms with E-state index in [1.54, 1.807) is 11.8 Å². The van der Waals surface area contributed by atoms with E-state index in [4.69, 9.17) is 18.7 Å². The number of amides is 1. The molecular formula is C23H28FN3O7S. The van der Waals surface area contributed by atoms with Crippen molar-refractivity contribution < 1.29 is 36.3 Å². The van der Waals surface area contributed by atoms with Crippen LogP contribution in [0, 0.1) is 5.82 Å². The molecule has 0 N–H and O–H groups in total. The lowest BCUT2D eigenvalue weighted by Crippen LogP contribution is -2.60. The predicted molar refractivity (Wildman–Crippen MR) is 120 cm³/mol. The van der Waals surface area contributed by atoms with Gasteiger partial charge in [-0.3, -0.25) is 4.90 Å². The van der Waals surface area contributed by atoms with Gasteiger partial charge < -0.3 is 18.7 Å². The van der Waals surface area contributed by atoms with Crippen LogP contribution >= 0.6 is 0 Å². The van der Waals surface area contributed by atoms with Gasteiger partial charge in [0.15, 0.2) is 9.84 Å². The topological polar surface area (TPSA) is 121 Å². The second-order valence-electron chi connectivity index (χ2n) is 9.82. The number of aromatic nitrogens is 2. The zero-order chi connectivity index (χ0) is 25.0. The minimum atomic E-state index is -3.68. The zero-order valence-electron chi connectivity index (χ0n) is 19.8. The molecule has 0 radical (unpaired) electrons. The Balaban J connectivity index is 1.24. The molecule has 1 amide bonds. The number of fused-ring (bicyclic) bond motifs is 2. The lowest BCUT2D eigenvalue weighted by atomic mass is 9.92. The molecule has 1 aromatic heterocycles. The normalized spacial score (nSPS) is 26.3. The van der Waals surface area contributed by atoms with Crippen molar-refractivity contribution in [2.45, 2.75) is 74.3 Å². The Morgan fingerprint density at radius 3 is 2.54 bits per heavy atom. The van der Waals surface area contributed by atoms with Gasteiger partial charge in [0.05, 0.1) is 31.4 Å². The molecule has 3 atom stereocenters. The molecule has 35 heavy (non-hydrogen) atoms. The largest absolute Gasteiger partial charge is 0.443 e. The fraction of sp³-hybridized carbons (Fsp3) is 0.609. The van der Waals surface area contributed by atoms with Crippen molar-refractivity contribution in [3.63, 3.8) is 0 Å². The highest BCUT2D eigenvalue weighted by Crippen LogP contribution is 2.41. The van der Waals surface area contributed by atoms with E-state index in [0.717, 1.165) is 25.2 Å². The number of carbonyl (C=O) groups excluding carboxylic acids is 1. The number of halogens is 1. The van der Waals surface area contributed by atoms with Crippen molar-refractivity contribution in [3.05, 3.63) is 29.9 Å². The third-order valence-corrected chi connectivity index (χ3v) is 7.88. The van der Waals surface area contributed by atoms with E-state index >= 15 is 0 Å². The predicted octanol–water partition coefficient (Wildman–Crippen LogP) is 3.28. The van der Waals surface area contributed by atoms with E-state index in [2.05, 4.69) is 10.1 Å². The van der Waals surface area contributed by atoms with E-state index in [0.29, 0.717) is 31.6 Å². The molecule has 5 rings (SSSR count). The number of piperidine rings is 1. The summed E-state index contributed by atoms with van der Waals surface area (Å²) in [5.74, 6) is -0.529. The summed E-state index contributed by atoms with van der Waals surface area (Å²) in [7, 11) is -3.68. The van der Waals surface area contributed by atoms with Gasteiger partial charge in [0.25, 0.3) is 5.89 Å². The van der Waals surface area contributed by atoms with E-state index in [9.17, 15) is 17.6 Å². The van der Waals surface area contributed by atoms with Crippen LogP contribution in [-0.2, 0) is 24.0 Å². The Labute approximate surface area is 202 Å². The van der Waals surface area contributed by atoms with Gasteiger partial charge in [0.1, 0.15) is 22.4 Å². The Bertz CT molecular complexity index is 1220. The van der Waals surface area contributed by atoms with Crippen molar-refractivity contribution in [1.29, 1.82) is 0 Å². The number of benzene rings is 1. The molecule has 2 saturated heterocycles. The van der Waals surface area contributed by atoms with Gasteiger partial charge in [-0.2, -0.15) is 4.98 Å². The zero-order valence-corrected chi connectivity index (χ0v) is 20.6. The van der Waals surface area contributed by atoms with Crippen molar-refractivity contribution in [2.75, 3.05) is 19.5 Å². The van der Waals surface area contributed by atoms with Crippen molar-refractivity contribution >= 4 is 15.9 Å². The highest BCUT2D eigenvalue weighted by molar-refractivity contribution is 7.90. The molecule has 0 spiro atoms. The van der Waals surface area contributed by atoms with E-state index < -0.39 is 26.7 Å².